The quantitative estimate of drug-likeness (QED) is 0.266. The van der Waals surface area contributed by atoms with E-state index >= 15 is 0 Å². The van der Waals surface area contributed by atoms with Crippen LogP contribution >= 0.6 is 0 Å². The van der Waals surface area contributed by atoms with Crippen LogP contribution in [0.4, 0.5) is 13.2 Å². The zero-order valence-corrected chi connectivity index (χ0v) is 23.0. The Morgan fingerprint density at radius 2 is 1.39 bits per heavy atom. The van der Waals surface area contributed by atoms with E-state index in [1.807, 2.05) is 78.9 Å². The van der Waals surface area contributed by atoms with Crippen LogP contribution in [0.5, 0.6) is 0 Å². The molecule has 3 N–H and O–H groups in total. The molecule has 216 valence electrons. The summed E-state index contributed by atoms with van der Waals surface area (Å²) in [6.07, 6.45) is 0.427. The number of halogens is 3. The van der Waals surface area contributed by atoms with Gasteiger partial charge >= 0.3 is 6.18 Å². The van der Waals surface area contributed by atoms with Crippen molar-refractivity contribution in [2.45, 2.75) is 56.2 Å². The van der Waals surface area contributed by atoms with E-state index in [1.165, 1.54) is 0 Å². The molecule has 0 aromatic heterocycles. The molecule has 2 aliphatic carbocycles. The fraction of sp³-hybridized carbons (Fsp3) is 0.394. The molecule has 2 aliphatic rings. The van der Waals surface area contributed by atoms with Crippen LogP contribution in [0.25, 0.3) is 11.1 Å². The van der Waals surface area contributed by atoms with E-state index in [0.717, 1.165) is 54.5 Å². The highest BCUT2D eigenvalue weighted by atomic mass is 19.4. The van der Waals surface area contributed by atoms with Crippen molar-refractivity contribution in [1.29, 1.82) is 0 Å². The number of rotatable bonds is 10. The molecular weight excluding hydrogens is 527 g/mol. The van der Waals surface area contributed by atoms with Crippen LogP contribution in [0.1, 0.15) is 60.0 Å². The SMILES string of the molecule is O=C(N[C@H]1CC[C@H](CNCCCC2(C(=O)NCC(F)(F)F)c3ccccc3-c3ccccc32)CC1)c1ccccc1. The molecule has 3 aromatic carbocycles. The van der Waals surface area contributed by atoms with Gasteiger partial charge in [0.1, 0.15) is 12.0 Å². The minimum atomic E-state index is -4.49. The van der Waals surface area contributed by atoms with Gasteiger partial charge in [-0.2, -0.15) is 13.2 Å². The molecule has 0 heterocycles. The lowest BCUT2D eigenvalue weighted by Gasteiger charge is -2.32. The minimum absolute atomic E-state index is 0.0320. The topological polar surface area (TPSA) is 70.2 Å². The van der Waals surface area contributed by atoms with Gasteiger partial charge in [0.05, 0.1) is 0 Å². The number of nitrogens with one attached hydrogen (secondary N) is 3. The number of benzene rings is 3. The van der Waals surface area contributed by atoms with Crippen LogP contribution in [-0.2, 0) is 10.2 Å². The largest absolute Gasteiger partial charge is 0.405 e. The smallest absolute Gasteiger partial charge is 0.349 e. The summed E-state index contributed by atoms with van der Waals surface area (Å²) in [6.45, 7) is 0.133. The number of fused-ring (bicyclic) bond motifs is 3. The molecule has 1 fully saturated rings. The molecule has 0 saturated heterocycles. The fourth-order valence-electron chi connectivity index (χ4n) is 6.44. The average Bonchev–Trinajstić information content (AvgIpc) is 3.27. The van der Waals surface area contributed by atoms with E-state index in [2.05, 4.69) is 16.0 Å². The zero-order chi connectivity index (χ0) is 28.9. The zero-order valence-electron chi connectivity index (χ0n) is 23.0. The maximum Gasteiger partial charge on any atom is 0.405 e. The van der Waals surface area contributed by atoms with E-state index in [0.29, 0.717) is 30.9 Å². The molecule has 8 heteroatoms. The van der Waals surface area contributed by atoms with Gasteiger partial charge in [0.25, 0.3) is 5.91 Å². The maximum absolute atomic E-state index is 13.6. The number of carbonyl (C=O) groups is 2. The molecule has 3 aromatic rings. The summed E-state index contributed by atoms with van der Waals surface area (Å²) in [5.41, 5.74) is 2.82. The Labute approximate surface area is 238 Å². The van der Waals surface area contributed by atoms with Crippen molar-refractivity contribution < 1.29 is 22.8 Å². The normalized spacial score (nSPS) is 19.2. The van der Waals surface area contributed by atoms with Crippen LogP contribution in [0.15, 0.2) is 78.9 Å². The Hall–Kier alpha value is -3.65. The molecule has 0 radical (unpaired) electrons. The Balaban J connectivity index is 1.17. The lowest BCUT2D eigenvalue weighted by molar-refractivity contribution is -0.141. The molecule has 41 heavy (non-hydrogen) atoms. The highest BCUT2D eigenvalue weighted by Crippen LogP contribution is 2.51. The van der Waals surface area contributed by atoms with Crippen LogP contribution in [-0.4, -0.2) is 43.7 Å². The standard InChI is InChI=1S/C33H36F3N3O2/c34-33(35,36)22-38-31(41)32(28-13-6-4-11-26(28)27-12-5-7-14-29(27)32)19-8-20-37-21-23-15-17-25(18-16-23)39-30(40)24-9-2-1-3-10-24/h1-7,9-14,23,25,37H,8,15-22H2,(H,38,41)(H,39,40)/t23-,25-. The lowest BCUT2D eigenvalue weighted by atomic mass is 9.73. The summed E-state index contributed by atoms with van der Waals surface area (Å²) >= 11 is 0. The molecule has 0 bridgehead atoms. The lowest BCUT2D eigenvalue weighted by Crippen LogP contribution is -2.47. The van der Waals surface area contributed by atoms with Gasteiger partial charge in [0.15, 0.2) is 0 Å². The molecule has 5 nitrogen and oxygen atoms in total. The van der Waals surface area contributed by atoms with Crippen molar-refractivity contribution in [1.82, 2.24) is 16.0 Å². The third kappa shape index (κ3) is 6.48. The number of alkyl halides is 3. The summed E-state index contributed by atoms with van der Waals surface area (Å²) in [6, 6.07) is 24.5. The first-order chi connectivity index (χ1) is 19.8. The van der Waals surface area contributed by atoms with Gasteiger partial charge in [-0.3, -0.25) is 9.59 Å². The summed E-state index contributed by atoms with van der Waals surface area (Å²) in [7, 11) is 0. The van der Waals surface area contributed by atoms with E-state index in [4.69, 9.17) is 0 Å². The van der Waals surface area contributed by atoms with Crippen molar-refractivity contribution >= 4 is 11.8 Å². The van der Waals surface area contributed by atoms with Crippen molar-refractivity contribution in [2.24, 2.45) is 5.92 Å². The highest BCUT2D eigenvalue weighted by Gasteiger charge is 2.49. The van der Waals surface area contributed by atoms with Crippen LogP contribution in [0.3, 0.4) is 0 Å². The summed E-state index contributed by atoms with van der Waals surface area (Å²) in [5.74, 6) is -0.143. The van der Waals surface area contributed by atoms with E-state index < -0.39 is 24.0 Å². The van der Waals surface area contributed by atoms with E-state index in [1.54, 1.807) is 0 Å². The fourth-order valence-corrected chi connectivity index (χ4v) is 6.44. The first-order valence-electron chi connectivity index (χ1n) is 14.4. The second-order valence-corrected chi connectivity index (χ2v) is 11.2. The Morgan fingerprint density at radius 3 is 2.00 bits per heavy atom. The Bertz CT molecular complexity index is 1310. The molecule has 5 rings (SSSR count). The predicted octanol–water partition coefficient (Wildman–Crippen LogP) is 5.99. The van der Waals surface area contributed by atoms with Crippen molar-refractivity contribution in [2.75, 3.05) is 19.6 Å². The molecule has 0 unspecified atom stereocenters. The highest BCUT2D eigenvalue weighted by molar-refractivity contribution is 6.00. The van der Waals surface area contributed by atoms with Crippen LogP contribution in [0, 0.1) is 5.92 Å². The number of hydrogen-bond acceptors (Lipinski definition) is 3. The van der Waals surface area contributed by atoms with E-state index in [9.17, 15) is 22.8 Å². The second-order valence-electron chi connectivity index (χ2n) is 11.2. The molecule has 0 aliphatic heterocycles. The number of hydrogen-bond donors (Lipinski definition) is 3. The number of carbonyl (C=O) groups excluding carboxylic acids is 2. The first kappa shape index (κ1) is 28.9. The van der Waals surface area contributed by atoms with Gasteiger partial charge in [0.2, 0.25) is 5.91 Å². The monoisotopic (exact) mass is 563 g/mol. The average molecular weight is 564 g/mol. The number of amides is 2. The van der Waals surface area contributed by atoms with Crippen LogP contribution in [0.2, 0.25) is 0 Å². The summed E-state index contributed by atoms with van der Waals surface area (Å²) in [4.78, 5) is 26.0. The van der Waals surface area contributed by atoms with Crippen molar-refractivity contribution in [3.63, 3.8) is 0 Å². The molecular formula is C33H36F3N3O2. The second kappa shape index (κ2) is 12.5. The Kier molecular flexibility index (Phi) is 8.78. The maximum atomic E-state index is 13.6. The van der Waals surface area contributed by atoms with Gasteiger partial charge in [-0.15, -0.1) is 0 Å². The minimum Gasteiger partial charge on any atom is -0.349 e. The molecule has 2 amide bonds. The van der Waals surface area contributed by atoms with Gasteiger partial charge in [-0.1, -0.05) is 66.7 Å². The third-order valence-electron chi connectivity index (χ3n) is 8.46. The predicted molar refractivity (Wildman–Crippen MR) is 153 cm³/mol. The molecule has 0 spiro atoms. The van der Waals surface area contributed by atoms with Crippen LogP contribution < -0.4 is 16.0 Å². The van der Waals surface area contributed by atoms with E-state index in [-0.39, 0.29) is 11.9 Å². The van der Waals surface area contributed by atoms with Gasteiger partial charge < -0.3 is 16.0 Å². The Morgan fingerprint density at radius 1 is 0.805 bits per heavy atom. The summed E-state index contributed by atoms with van der Waals surface area (Å²) in [5, 5.41) is 8.86. The molecule has 0 atom stereocenters. The van der Waals surface area contributed by atoms with Gasteiger partial charge in [0, 0.05) is 11.6 Å². The van der Waals surface area contributed by atoms with Crippen molar-refractivity contribution in [3.8, 4) is 11.1 Å². The molecule has 1 saturated carbocycles. The third-order valence-corrected chi connectivity index (χ3v) is 8.46. The summed E-state index contributed by atoms with van der Waals surface area (Å²) < 4.78 is 39.2. The first-order valence-corrected chi connectivity index (χ1v) is 14.4. The van der Waals surface area contributed by atoms with Gasteiger partial charge in [-0.25, -0.2) is 0 Å². The van der Waals surface area contributed by atoms with Gasteiger partial charge in [-0.05, 0) is 91.9 Å². The van der Waals surface area contributed by atoms with Crippen molar-refractivity contribution in [3.05, 3.63) is 95.6 Å².